The summed E-state index contributed by atoms with van der Waals surface area (Å²) in [5.74, 6) is 0.620. The molecule has 4 heteroatoms. The minimum atomic E-state index is 0.620. The standard InChI is InChI=1S/C41H27N3O/c1-2-12-33-28(10-1)11-9-18-37(33)43(30-22-20-29(21-23-30)41-42-36-15-5-8-19-40(36)45-41)31-24-26-32(27-25-31)44-38-16-6-3-13-34(38)35-14-4-7-17-39(35)44/h1-27H. The molecule has 0 N–H and O–H groups in total. The Kier molecular flexibility index (Phi) is 5.78. The van der Waals surface area contributed by atoms with Gasteiger partial charge in [0, 0.05) is 38.8 Å². The quantitative estimate of drug-likeness (QED) is 0.204. The molecule has 0 spiro atoms. The van der Waals surface area contributed by atoms with Crippen LogP contribution in [0.15, 0.2) is 168 Å². The molecule has 7 aromatic carbocycles. The summed E-state index contributed by atoms with van der Waals surface area (Å²) in [6.07, 6.45) is 0. The van der Waals surface area contributed by atoms with Gasteiger partial charge in [0.1, 0.15) is 5.52 Å². The van der Waals surface area contributed by atoms with Gasteiger partial charge in [0.25, 0.3) is 0 Å². The first kappa shape index (κ1) is 25.4. The van der Waals surface area contributed by atoms with Crippen molar-refractivity contribution < 1.29 is 4.42 Å². The van der Waals surface area contributed by atoms with Gasteiger partial charge in [0.2, 0.25) is 5.89 Å². The van der Waals surface area contributed by atoms with E-state index in [4.69, 9.17) is 9.40 Å². The van der Waals surface area contributed by atoms with E-state index in [0.29, 0.717) is 5.89 Å². The second-order valence-corrected chi connectivity index (χ2v) is 11.3. The predicted molar refractivity (Wildman–Crippen MR) is 186 cm³/mol. The minimum absolute atomic E-state index is 0.620. The molecule has 0 fully saturated rings. The smallest absolute Gasteiger partial charge is 0.227 e. The van der Waals surface area contributed by atoms with Crippen molar-refractivity contribution in [1.29, 1.82) is 0 Å². The Hall–Kier alpha value is -6.13. The van der Waals surface area contributed by atoms with Gasteiger partial charge in [0.15, 0.2) is 5.58 Å². The van der Waals surface area contributed by atoms with Gasteiger partial charge in [-0.2, -0.15) is 0 Å². The zero-order chi connectivity index (χ0) is 29.7. The zero-order valence-electron chi connectivity index (χ0n) is 24.3. The van der Waals surface area contributed by atoms with Crippen molar-refractivity contribution in [3.05, 3.63) is 164 Å². The Morgan fingerprint density at radius 2 is 1.07 bits per heavy atom. The number of para-hydroxylation sites is 4. The molecule has 9 rings (SSSR count). The monoisotopic (exact) mass is 577 g/mol. The molecule has 0 saturated heterocycles. The molecule has 0 aliphatic carbocycles. The molecular weight excluding hydrogens is 550 g/mol. The molecule has 0 aliphatic heterocycles. The van der Waals surface area contributed by atoms with Crippen LogP contribution in [0.5, 0.6) is 0 Å². The summed E-state index contributed by atoms with van der Waals surface area (Å²) in [6, 6.07) is 57.5. The van der Waals surface area contributed by atoms with Crippen LogP contribution in [0, 0.1) is 0 Å². The molecule has 2 heterocycles. The van der Waals surface area contributed by atoms with Crippen LogP contribution < -0.4 is 4.90 Å². The third-order valence-electron chi connectivity index (χ3n) is 8.62. The van der Waals surface area contributed by atoms with Gasteiger partial charge in [-0.25, -0.2) is 4.98 Å². The summed E-state index contributed by atoms with van der Waals surface area (Å²) in [5, 5.41) is 4.90. The second-order valence-electron chi connectivity index (χ2n) is 11.3. The largest absolute Gasteiger partial charge is 0.436 e. The minimum Gasteiger partial charge on any atom is -0.436 e. The summed E-state index contributed by atoms with van der Waals surface area (Å²) in [5.41, 5.74) is 9.36. The molecule has 0 atom stereocenters. The van der Waals surface area contributed by atoms with Crippen molar-refractivity contribution in [1.82, 2.24) is 9.55 Å². The maximum atomic E-state index is 6.06. The Morgan fingerprint density at radius 1 is 0.489 bits per heavy atom. The third kappa shape index (κ3) is 4.19. The number of hydrogen-bond acceptors (Lipinski definition) is 3. The molecular formula is C41H27N3O. The Labute approximate surface area is 260 Å². The number of rotatable bonds is 5. The molecule has 4 nitrogen and oxygen atoms in total. The second kappa shape index (κ2) is 10.2. The fraction of sp³-hybridized carbons (Fsp3) is 0. The topological polar surface area (TPSA) is 34.2 Å². The molecule has 9 aromatic rings. The van der Waals surface area contributed by atoms with Crippen LogP contribution in [0.25, 0.3) is 60.8 Å². The number of fused-ring (bicyclic) bond motifs is 5. The molecule has 0 unspecified atom stereocenters. The van der Waals surface area contributed by atoms with Crippen LogP contribution in [0.3, 0.4) is 0 Å². The summed E-state index contributed by atoms with van der Waals surface area (Å²) in [7, 11) is 0. The molecule has 0 radical (unpaired) electrons. The van der Waals surface area contributed by atoms with Crippen LogP contribution in [-0.4, -0.2) is 9.55 Å². The first-order valence-electron chi connectivity index (χ1n) is 15.1. The van der Waals surface area contributed by atoms with E-state index >= 15 is 0 Å². The molecule has 45 heavy (non-hydrogen) atoms. The van der Waals surface area contributed by atoms with E-state index in [1.807, 2.05) is 24.3 Å². The molecule has 2 aromatic heterocycles. The van der Waals surface area contributed by atoms with Crippen molar-refractivity contribution in [2.45, 2.75) is 0 Å². The SMILES string of the molecule is c1ccc2c(N(c3ccc(-c4nc5ccccc5o4)cc3)c3ccc(-n4c5ccccc5c5ccccc54)cc3)cccc2c1. The van der Waals surface area contributed by atoms with E-state index in [1.54, 1.807) is 0 Å². The molecule has 0 saturated carbocycles. The van der Waals surface area contributed by atoms with Gasteiger partial charge in [-0.1, -0.05) is 84.9 Å². The number of aromatic nitrogens is 2. The van der Waals surface area contributed by atoms with E-state index in [0.717, 1.165) is 39.4 Å². The van der Waals surface area contributed by atoms with Gasteiger partial charge in [-0.15, -0.1) is 0 Å². The average Bonchev–Trinajstić information content (AvgIpc) is 3.69. The van der Waals surface area contributed by atoms with E-state index in [1.165, 1.54) is 32.6 Å². The van der Waals surface area contributed by atoms with Crippen molar-refractivity contribution in [3.8, 4) is 17.1 Å². The van der Waals surface area contributed by atoms with Crippen LogP contribution in [0.4, 0.5) is 17.1 Å². The highest BCUT2D eigenvalue weighted by Crippen LogP contribution is 2.40. The van der Waals surface area contributed by atoms with Gasteiger partial charge in [-0.3, -0.25) is 0 Å². The fourth-order valence-electron chi connectivity index (χ4n) is 6.53. The average molecular weight is 578 g/mol. The molecule has 0 aliphatic rings. The van der Waals surface area contributed by atoms with Crippen molar-refractivity contribution in [3.63, 3.8) is 0 Å². The lowest BCUT2D eigenvalue weighted by Gasteiger charge is -2.27. The Balaban J connectivity index is 1.18. The number of benzene rings is 7. The van der Waals surface area contributed by atoms with Crippen molar-refractivity contribution >= 4 is 60.7 Å². The van der Waals surface area contributed by atoms with E-state index in [9.17, 15) is 0 Å². The van der Waals surface area contributed by atoms with Crippen molar-refractivity contribution in [2.75, 3.05) is 4.90 Å². The summed E-state index contributed by atoms with van der Waals surface area (Å²) in [6.45, 7) is 0. The number of oxazole rings is 1. The zero-order valence-corrected chi connectivity index (χ0v) is 24.3. The molecule has 0 amide bonds. The van der Waals surface area contributed by atoms with Gasteiger partial charge in [-0.05, 0) is 84.2 Å². The van der Waals surface area contributed by atoms with Gasteiger partial charge in [0.05, 0.1) is 16.7 Å². The van der Waals surface area contributed by atoms with Crippen LogP contribution >= 0.6 is 0 Å². The maximum absolute atomic E-state index is 6.06. The Morgan fingerprint density at radius 3 is 1.78 bits per heavy atom. The highest BCUT2D eigenvalue weighted by atomic mass is 16.3. The number of anilines is 3. The highest BCUT2D eigenvalue weighted by molar-refractivity contribution is 6.09. The third-order valence-corrected chi connectivity index (χ3v) is 8.62. The predicted octanol–water partition coefficient (Wildman–Crippen LogP) is 11.2. The maximum Gasteiger partial charge on any atom is 0.227 e. The lowest BCUT2D eigenvalue weighted by atomic mass is 10.1. The highest BCUT2D eigenvalue weighted by Gasteiger charge is 2.18. The lowest BCUT2D eigenvalue weighted by Crippen LogP contribution is -2.10. The van der Waals surface area contributed by atoms with E-state index < -0.39 is 0 Å². The summed E-state index contributed by atoms with van der Waals surface area (Å²) in [4.78, 5) is 7.04. The summed E-state index contributed by atoms with van der Waals surface area (Å²) >= 11 is 0. The number of hydrogen-bond donors (Lipinski definition) is 0. The first-order valence-corrected chi connectivity index (χ1v) is 15.1. The molecule has 0 bridgehead atoms. The van der Waals surface area contributed by atoms with E-state index in [2.05, 4.69) is 149 Å². The summed E-state index contributed by atoms with van der Waals surface area (Å²) < 4.78 is 8.42. The van der Waals surface area contributed by atoms with Crippen LogP contribution in [0.1, 0.15) is 0 Å². The first-order chi connectivity index (χ1) is 22.3. The Bertz CT molecular complexity index is 2400. The molecule has 212 valence electrons. The lowest BCUT2D eigenvalue weighted by molar-refractivity contribution is 0.620. The van der Waals surface area contributed by atoms with Crippen LogP contribution in [-0.2, 0) is 0 Å². The van der Waals surface area contributed by atoms with E-state index in [-0.39, 0.29) is 0 Å². The van der Waals surface area contributed by atoms with Crippen molar-refractivity contribution in [2.24, 2.45) is 0 Å². The fourth-order valence-corrected chi connectivity index (χ4v) is 6.53. The normalized spacial score (nSPS) is 11.6. The van der Waals surface area contributed by atoms with Gasteiger partial charge >= 0.3 is 0 Å². The number of nitrogens with zero attached hydrogens (tertiary/aromatic N) is 3. The van der Waals surface area contributed by atoms with Gasteiger partial charge < -0.3 is 13.9 Å². The van der Waals surface area contributed by atoms with Crippen LogP contribution in [0.2, 0.25) is 0 Å².